The summed E-state index contributed by atoms with van der Waals surface area (Å²) < 4.78 is 0. The van der Waals surface area contributed by atoms with Crippen LogP contribution in [-0.2, 0) is 4.79 Å². The van der Waals surface area contributed by atoms with E-state index in [0.717, 1.165) is 11.3 Å². The molecule has 5 nitrogen and oxygen atoms in total. The Hall–Kier alpha value is -1.59. The van der Waals surface area contributed by atoms with Crippen molar-refractivity contribution in [2.45, 2.75) is 26.8 Å². The minimum Gasteiger partial charge on any atom is -0.399 e. The number of hydrogen-bond acceptors (Lipinski definition) is 4. The predicted molar refractivity (Wildman–Crippen MR) is 78.0 cm³/mol. The molecule has 4 N–H and O–H groups in total. The van der Waals surface area contributed by atoms with Crippen molar-refractivity contribution in [1.29, 1.82) is 0 Å². The fourth-order valence-electron chi connectivity index (χ4n) is 1.85. The van der Waals surface area contributed by atoms with E-state index in [1.54, 1.807) is 12.1 Å². The number of hydrogen-bond donors (Lipinski definition) is 3. The van der Waals surface area contributed by atoms with E-state index in [4.69, 9.17) is 10.8 Å². The topological polar surface area (TPSA) is 78.6 Å². The van der Waals surface area contributed by atoms with Crippen molar-refractivity contribution in [3.8, 4) is 0 Å². The van der Waals surface area contributed by atoms with E-state index in [0.29, 0.717) is 12.2 Å². The molecule has 1 amide bonds. The molecule has 0 aliphatic rings. The number of nitrogens with one attached hydrogen (secondary N) is 1. The minimum absolute atomic E-state index is 0.0480. The molecule has 0 saturated carbocycles. The van der Waals surface area contributed by atoms with E-state index in [1.807, 2.05) is 31.7 Å². The molecule has 19 heavy (non-hydrogen) atoms. The SMILES string of the molecule is Cc1cc(N)ccc1NC(=O)CN(CCO)C(C)C. The molecule has 0 radical (unpaired) electrons. The molecule has 1 rings (SSSR count). The zero-order chi connectivity index (χ0) is 14.4. The first-order valence-corrected chi connectivity index (χ1v) is 6.45. The Balaban J connectivity index is 2.63. The number of rotatable bonds is 6. The maximum absolute atomic E-state index is 12.0. The number of aliphatic hydroxyl groups excluding tert-OH is 1. The fraction of sp³-hybridized carbons (Fsp3) is 0.500. The second-order valence-electron chi connectivity index (χ2n) is 4.91. The molecule has 1 aromatic rings. The number of nitrogens with two attached hydrogens (primary N) is 1. The highest BCUT2D eigenvalue weighted by Gasteiger charge is 2.14. The Labute approximate surface area is 114 Å². The van der Waals surface area contributed by atoms with E-state index in [9.17, 15) is 4.79 Å². The summed E-state index contributed by atoms with van der Waals surface area (Å²) in [6.45, 7) is 6.70. The Morgan fingerprint density at radius 1 is 1.47 bits per heavy atom. The maximum Gasteiger partial charge on any atom is 0.238 e. The summed E-state index contributed by atoms with van der Waals surface area (Å²) in [5.41, 5.74) is 8.06. The molecule has 0 heterocycles. The average Bonchev–Trinajstić information content (AvgIpc) is 2.32. The van der Waals surface area contributed by atoms with Crippen LogP contribution in [-0.4, -0.2) is 41.7 Å². The Kier molecular flexibility index (Phi) is 5.79. The van der Waals surface area contributed by atoms with Gasteiger partial charge < -0.3 is 16.2 Å². The van der Waals surface area contributed by atoms with Crippen molar-refractivity contribution in [2.75, 3.05) is 30.7 Å². The quantitative estimate of drug-likeness (QED) is 0.676. The van der Waals surface area contributed by atoms with Crippen LogP contribution in [0.3, 0.4) is 0 Å². The summed E-state index contributed by atoms with van der Waals surface area (Å²) in [6.07, 6.45) is 0. The number of aliphatic hydroxyl groups is 1. The first-order valence-electron chi connectivity index (χ1n) is 6.45. The molecule has 0 atom stereocenters. The highest BCUT2D eigenvalue weighted by molar-refractivity contribution is 5.93. The molecule has 0 aliphatic heterocycles. The lowest BCUT2D eigenvalue weighted by atomic mass is 10.2. The van der Waals surface area contributed by atoms with Crippen molar-refractivity contribution in [3.05, 3.63) is 23.8 Å². The molecule has 0 aliphatic carbocycles. The zero-order valence-corrected chi connectivity index (χ0v) is 11.8. The van der Waals surface area contributed by atoms with Crippen LogP contribution in [0, 0.1) is 6.92 Å². The van der Waals surface area contributed by atoms with Gasteiger partial charge in [-0.05, 0) is 44.5 Å². The van der Waals surface area contributed by atoms with Crippen molar-refractivity contribution in [1.82, 2.24) is 4.90 Å². The second kappa shape index (κ2) is 7.11. The Morgan fingerprint density at radius 2 is 2.16 bits per heavy atom. The monoisotopic (exact) mass is 265 g/mol. The van der Waals surface area contributed by atoms with Crippen molar-refractivity contribution < 1.29 is 9.90 Å². The lowest BCUT2D eigenvalue weighted by Gasteiger charge is -2.24. The standard InChI is InChI=1S/C14H23N3O2/c1-10(2)17(6-7-18)9-14(19)16-13-5-4-12(15)8-11(13)3/h4-5,8,10,18H,6-7,9,15H2,1-3H3,(H,16,19). The highest BCUT2D eigenvalue weighted by atomic mass is 16.3. The van der Waals surface area contributed by atoms with Crippen LogP contribution in [0.1, 0.15) is 19.4 Å². The van der Waals surface area contributed by atoms with Gasteiger partial charge >= 0.3 is 0 Å². The maximum atomic E-state index is 12.0. The molecular weight excluding hydrogens is 242 g/mol. The molecule has 1 aromatic carbocycles. The van der Waals surface area contributed by atoms with E-state index in [-0.39, 0.29) is 25.1 Å². The third-order valence-corrected chi connectivity index (χ3v) is 2.99. The van der Waals surface area contributed by atoms with Gasteiger partial charge in [-0.2, -0.15) is 0 Å². The molecule has 5 heteroatoms. The van der Waals surface area contributed by atoms with Gasteiger partial charge in [0.1, 0.15) is 0 Å². The zero-order valence-electron chi connectivity index (χ0n) is 11.8. The van der Waals surface area contributed by atoms with Crippen LogP contribution in [0.25, 0.3) is 0 Å². The first-order chi connectivity index (χ1) is 8.93. The number of nitrogens with zero attached hydrogens (tertiary/aromatic N) is 1. The lowest BCUT2D eigenvalue weighted by Crippen LogP contribution is -2.39. The third kappa shape index (κ3) is 4.89. The molecule has 0 fully saturated rings. The van der Waals surface area contributed by atoms with Gasteiger partial charge in [-0.15, -0.1) is 0 Å². The lowest BCUT2D eigenvalue weighted by molar-refractivity contribution is -0.117. The number of carbonyl (C=O) groups is 1. The number of amides is 1. The van der Waals surface area contributed by atoms with Crippen molar-refractivity contribution >= 4 is 17.3 Å². The summed E-state index contributed by atoms with van der Waals surface area (Å²) in [6, 6.07) is 5.60. The van der Waals surface area contributed by atoms with Crippen LogP contribution in [0.5, 0.6) is 0 Å². The number of aryl methyl sites for hydroxylation is 1. The van der Waals surface area contributed by atoms with Gasteiger partial charge in [0.15, 0.2) is 0 Å². The van der Waals surface area contributed by atoms with Crippen LogP contribution in [0.15, 0.2) is 18.2 Å². The minimum atomic E-state index is -0.0879. The smallest absolute Gasteiger partial charge is 0.238 e. The van der Waals surface area contributed by atoms with Gasteiger partial charge in [0.25, 0.3) is 0 Å². The molecule has 106 valence electrons. The van der Waals surface area contributed by atoms with E-state index in [2.05, 4.69) is 5.32 Å². The van der Waals surface area contributed by atoms with Crippen molar-refractivity contribution in [3.63, 3.8) is 0 Å². The summed E-state index contributed by atoms with van der Waals surface area (Å²) in [4.78, 5) is 13.9. The molecule has 0 saturated heterocycles. The molecular formula is C14H23N3O2. The predicted octanol–water partition coefficient (Wildman–Crippen LogP) is 1.22. The third-order valence-electron chi connectivity index (χ3n) is 2.99. The summed E-state index contributed by atoms with van der Waals surface area (Å²) >= 11 is 0. The normalized spacial score (nSPS) is 11.1. The van der Waals surface area contributed by atoms with Gasteiger partial charge in [-0.1, -0.05) is 0 Å². The first kappa shape index (κ1) is 15.5. The molecule has 0 spiro atoms. The van der Waals surface area contributed by atoms with E-state index >= 15 is 0 Å². The number of benzene rings is 1. The van der Waals surface area contributed by atoms with Crippen molar-refractivity contribution in [2.24, 2.45) is 0 Å². The van der Waals surface area contributed by atoms with Crippen LogP contribution < -0.4 is 11.1 Å². The second-order valence-corrected chi connectivity index (χ2v) is 4.91. The summed E-state index contributed by atoms with van der Waals surface area (Å²) in [5, 5.41) is 11.8. The summed E-state index contributed by atoms with van der Waals surface area (Å²) in [5.74, 6) is -0.0879. The van der Waals surface area contributed by atoms with E-state index < -0.39 is 0 Å². The van der Waals surface area contributed by atoms with Crippen LogP contribution in [0.4, 0.5) is 11.4 Å². The van der Waals surface area contributed by atoms with Crippen LogP contribution >= 0.6 is 0 Å². The highest BCUT2D eigenvalue weighted by Crippen LogP contribution is 2.17. The Morgan fingerprint density at radius 3 is 2.68 bits per heavy atom. The van der Waals surface area contributed by atoms with Gasteiger partial charge in [0.05, 0.1) is 13.2 Å². The summed E-state index contributed by atoms with van der Waals surface area (Å²) in [7, 11) is 0. The number of nitrogen functional groups attached to an aromatic ring is 1. The molecule has 0 aromatic heterocycles. The largest absolute Gasteiger partial charge is 0.399 e. The Bertz CT molecular complexity index is 433. The average molecular weight is 265 g/mol. The number of carbonyl (C=O) groups excluding carboxylic acids is 1. The van der Waals surface area contributed by atoms with Gasteiger partial charge in [0, 0.05) is 24.0 Å². The fourth-order valence-corrected chi connectivity index (χ4v) is 1.85. The van der Waals surface area contributed by atoms with Gasteiger partial charge in [-0.3, -0.25) is 9.69 Å². The number of anilines is 2. The van der Waals surface area contributed by atoms with Gasteiger partial charge in [0.2, 0.25) is 5.91 Å². The van der Waals surface area contributed by atoms with Gasteiger partial charge in [-0.25, -0.2) is 0 Å². The molecule has 0 bridgehead atoms. The van der Waals surface area contributed by atoms with E-state index in [1.165, 1.54) is 0 Å². The van der Waals surface area contributed by atoms with Crippen LogP contribution in [0.2, 0.25) is 0 Å². The molecule has 0 unspecified atom stereocenters.